The van der Waals surface area contributed by atoms with Crippen molar-refractivity contribution in [2.75, 3.05) is 36.0 Å². The van der Waals surface area contributed by atoms with Crippen molar-refractivity contribution in [3.05, 3.63) is 76.5 Å². The summed E-state index contributed by atoms with van der Waals surface area (Å²) < 4.78 is 1.90. The minimum atomic E-state index is 0.0647. The molecule has 0 bridgehead atoms. The number of aromatic nitrogens is 2. The van der Waals surface area contributed by atoms with Gasteiger partial charge in [-0.25, -0.2) is 4.68 Å². The Morgan fingerprint density at radius 3 is 2.38 bits per heavy atom. The Bertz CT molecular complexity index is 1220. The molecule has 3 aromatic rings. The van der Waals surface area contributed by atoms with Crippen LogP contribution in [0.5, 0.6) is 0 Å². The maximum atomic E-state index is 13.1. The molecule has 0 unspecified atom stereocenters. The van der Waals surface area contributed by atoms with Gasteiger partial charge in [-0.1, -0.05) is 24.3 Å². The SMILES string of the molecule is Cc1ccc(C)c(N2CCN(C(=O)c3ccc(CN4C(=O)CCn5nc(C)cc54)cc3)CC2)c1. The van der Waals surface area contributed by atoms with Crippen molar-refractivity contribution in [3.8, 4) is 0 Å². The fraction of sp³-hybridized carbons (Fsp3) is 0.370. The lowest BCUT2D eigenvalue weighted by Crippen LogP contribution is -2.49. The van der Waals surface area contributed by atoms with Gasteiger partial charge in [-0.05, 0) is 55.7 Å². The molecule has 0 spiro atoms. The molecule has 7 nitrogen and oxygen atoms in total. The summed E-state index contributed by atoms with van der Waals surface area (Å²) in [5, 5.41) is 4.47. The number of nitrogens with zero attached hydrogens (tertiary/aromatic N) is 5. The van der Waals surface area contributed by atoms with Gasteiger partial charge in [0, 0.05) is 49.9 Å². The molecular formula is C27H31N5O2. The van der Waals surface area contributed by atoms with E-state index in [1.54, 1.807) is 4.90 Å². The second-order valence-corrected chi connectivity index (χ2v) is 9.36. The number of benzene rings is 2. The van der Waals surface area contributed by atoms with Gasteiger partial charge in [-0.3, -0.25) is 14.5 Å². The van der Waals surface area contributed by atoms with Crippen molar-refractivity contribution < 1.29 is 9.59 Å². The lowest BCUT2D eigenvalue weighted by atomic mass is 10.1. The first kappa shape index (κ1) is 22.2. The van der Waals surface area contributed by atoms with Crippen LogP contribution in [-0.4, -0.2) is 52.7 Å². The highest BCUT2D eigenvalue weighted by Crippen LogP contribution is 2.25. The molecule has 1 saturated heterocycles. The number of hydrogen-bond acceptors (Lipinski definition) is 4. The van der Waals surface area contributed by atoms with Crippen LogP contribution in [0.1, 0.15) is 39.2 Å². The fourth-order valence-electron chi connectivity index (χ4n) is 4.88. The van der Waals surface area contributed by atoms with Gasteiger partial charge in [0.1, 0.15) is 5.82 Å². The molecule has 0 aliphatic carbocycles. The first-order valence-corrected chi connectivity index (χ1v) is 11.9. The van der Waals surface area contributed by atoms with E-state index in [9.17, 15) is 9.59 Å². The molecule has 2 amide bonds. The number of piperazine rings is 1. The van der Waals surface area contributed by atoms with E-state index in [2.05, 4.69) is 42.0 Å². The standard InChI is InChI=1S/C27H31N5O2/c1-19-4-5-20(2)24(16-19)29-12-14-30(15-13-29)27(34)23-8-6-22(7-9-23)18-31-25-17-21(3)28-32(25)11-10-26(31)33/h4-9,16-17H,10-15,18H2,1-3H3. The van der Waals surface area contributed by atoms with Gasteiger partial charge in [0.15, 0.2) is 0 Å². The summed E-state index contributed by atoms with van der Waals surface area (Å²) in [7, 11) is 0. The Balaban J connectivity index is 1.23. The Hall–Kier alpha value is -3.61. The smallest absolute Gasteiger partial charge is 0.253 e. The Morgan fingerprint density at radius 2 is 1.65 bits per heavy atom. The first-order chi connectivity index (χ1) is 16.4. The van der Waals surface area contributed by atoms with E-state index in [-0.39, 0.29) is 11.8 Å². The van der Waals surface area contributed by atoms with Crippen molar-refractivity contribution in [2.24, 2.45) is 0 Å². The van der Waals surface area contributed by atoms with Crippen LogP contribution in [0.15, 0.2) is 48.5 Å². The third-order valence-corrected chi connectivity index (χ3v) is 6.81. The zero-order valence-corrected chi connectivity index (χ0v) is 20.1. The zero-order valence-electron chi connectivity index (χ0n) is 20.1. The summed E-state index contributed by atoms with van der Waals surface area (Å²) in [4.78, 5) is 31.7. The summed E-state index contributed by atoms with van der Waals surface area (Å²) in [5.41, 5.74) is 6.39. The number of carbonyl (C=O) groups excluding carboxylic acids is 2. The maximum absolute atomic E-state index is 13.1. The van der Waals surface area contributed by atoms with Gasteiger partial charge in [0.05, 0.1) is 18.8 Å². The van der Waals surface area contributed by atoms with E-state index in [0.29, 0.717) is 38.2 Å². The average molecular weight is 458 g/mol. The molecular weight excluding hydrogens is 426 g/mol. The highest BCUT2D eigenvalue weighted by atomic mass is 16.2. The monoisotopic (exact) mass is 457 g/mol. The number of fused-ring (bicyclic) bond motifs is 1. The third kappa shape index (κ3) is 4.30. The number of rotatable bonds is 4. The van der Waals surface area contributed by atoms with E-state index < -0.39 is 0 Å². The Morgan fingerprint density at radius 1 is 0.912 bits per heavy atom. The molecule has 0 atom stereocenters. The molecule has 5 rings (SSSR count). The molecule has 0 radical (unpaired) electrons. The summed E-state index contributed by atoms with van der Waals surface area (Å²) in [5.74, 6) is 1.01. The van der Waals surface area contributed by atoms with Crippen molar-refractivity contribution in [2.45, 2.75) is 40.3 Å². The Kier molecular flexibility index (Phi) is 5.86. The number of carbonyl (C=O) groups is 2. The van der Waals surface area contributed by atoms with Crippen LogP contribution < -0.4 is 9.80 Å². The molecule has 2 aliphatic rings. The van der Waals surface area contributed by atoms with Gasteiger partial charge < -0.3 is 9.80 Å². The largest absolute Gasteiger partial charge is 0.368 e. The van der Waals surface area contributed by atoms with E-state index in [1.165, 1.54) is 16.8 Å². The number of aryl methyl sites for hydroxylation is 4. The van der Waals surface area contributed by atoms with Crippen molar-refractivity contribution in [1.82, 2.24) is 14.7 Å². The number of hydrogen-bond donors (Lipinski definition) is 0. The number of anilines is 2. The molecule has 1 fully saturated rings. The van der Waals surface area contributed by atoms with Crippen LogP contribution in [0.25, 0.3) is 0 Å². The molecule has 3 heterocycles. The van der Waals surface area contributed by atoms with E-state index in [1.807, 2.05) is 46.8 Å². The van der Waals surface area contributed by atoms with E-state index >= 15 is 0 Å². The van der Waals surface area contributed by atoms with Gasteiger partial charge in [-0.15, -0.1) is 0 Å². The zero-order chi connectivity index (χ0) is 23.8. The van der Waals surface area contributed by atoms with E-state index in [4.69, 9.17) is 0 Å². The lowest BCUT2D eigenvalue weighted by molar-refractivity contribution is -0.119. The van der Waals surface area contributed by atoms with Crippen LogP contribution in [0, 0.1) is 20.8 Å². The van der Waals surface area contributed by atoms with Crippen LogP contribution in [-0.2, 0) is 17.9 Å². The molecule has 176 valence electrons. The van der Waals surface area contributed by atoms with Crippen LogP contribution >= 0.6 is 0 Å². The molecule has 0 saturated carbocycles. The van der Waals surface area contributed by atoms with Gasteiger partial charge in [-0.2, -0.15) is 5.10 Å². The fourth-order valence-corrected chi connectivity index (χ4v) is 4.88. The molecule has 2 aromatic carbocycles. The summed E-state index contributed by atoms with van der Waals surface area (Å²) in [6, 6.07) is 16.1. The van der Waals surface area contributed by atoms with Crippen LogP contribution in [0.3, 0.4) is 0 Å². The van der Waals surface area contributed by atoms with Gasteiger partial charge in [0.25, 0.3) is 5.91 Å². The summed E-state index contributed by atoms with van der Waals surface area (Å²) >= 11 is 0. The van der Waals surface area contributed by atoms with Gasteiger partial charge in [0.2, 0.25) is 5.91 Å². The van der Waals surface area contributed by atoms with Crippen molar-refractivity contribution >= 4 is 23.3 Å². The normalized spacial score (nSPS) is 16.1. The third-order valence-electron chi connectivity index (χ3n) is 6.81. The molecule has 1 aromatic heterocycles. The quantitative estimate of drug-likeness (QED) is 0.599. The highest BCUT2D eigenvalue weighted by Gasteiger charge is 2.26. The second kappa shape index (κ2) is 8.97. The number of amides is 2. The van der Waals surface area contributed by atoms with Crippen molar-refractivity contribution in [1.29, 1.82) is 0 Å². The predicted octanol–water partition coefficient (Wildman–Crippen LogP) is 3.71. The minimum absolute atomic E-state index is 0.0647. The molecule has 7 heteroatoms. The molecule has 2 aliphatic heterocycles. The second-order valence-electron chi connectivity index (χ2n) is 9.36. The van der Waals surface area contributed by atoms with Crippen molar-refractivity contribution in [3.63, 3.8) is 0 Å². The maximum Gasteiger partial charge on any atom is 0.253 e. The van der Waals surface area contributed by atoms with Crippen LogP contribution in [0.4, 0.5) is 11.5 Å². The lowest BCUT2D eigenvalue weighted by Gasteiger charge is -2.37. The van der Waals surface area contributed by atoms with Gasteiger partial charge >= 0.3 is 0 Å². The van der Waals surface area contributed by atoms with Crippen LogP contribution in [0.2, 0.25) is 0 Å². The summed E-state index contributed by atoms with van der Waals surface area (Å²) in [6.45, 7) is 10.4. The average Bonchev–Trinajstić information content (AvgIpc) is 3.23. The topological polar surface area (TPSA) is 61.7 Å². The predicted molar refractivity (Wildman–Crippen MR) is 133 cm³/mol. The first-order valence-electron chi connectivity index (χ1n) is 11.9. The minimum Gasteiger partial charge on any atom is -0.368 e. The molecule has 0 N–H and O–H groups in total. The molecule has 34 heavy (non-hydrogen) atoms. The van der Waals surface area contributed by atoms with E-state index in [0.717, 1.165) is 30.2 Å². The summed E-state index contributed by atoms with van der Waals surface area (Å²) in [6.07, 6.45) is 0.457. The Labute approximate surface area is 200 Å². The highest BCUT2D eigenvalue weighted by molar-refractivity contribution is 5.95.